The summed E-state index contributed by atoms with van der Waals surface area (Å²) in [7, 11) is 0. The summed E-state index contributed by atoms with van der Waals surface area (Å²) < 4.78 is 45.0. The number of benzene rings is 3. The Morgan fingerprint density at radius 3 is 2.40 bits per heavy atom. The smallest absolute Gasteiger partial charge is 0.418 e. The van der Waals surface area contributed by atoms with Gasteiger partial charge in [0.1, 0.15) is 6.10 Å². The first-order chi connectivity index (χ1) is 14.3. The summed E-state index contributed by atoms with van der Waals surface area (Å²) in [5.41, 5.74) is 0.683. The highest BCUT2D eigenvalue weighted by atomic mass is 19.4. The van der Waals surface area contributed by atoms with Crippen LogP contribution in [0.3, 0.4) is 0 Å². The lowest BCUT2D eigenvalue weighted by Gasteiger charge is -2.25. The summed E-state index contributed by atoms with van der Waals surface area (Å²) >= 11 is 0. The Labute approximate surface area is 170 Å². The number of alkyl halides is 3. The predicted octanol–water partition coefficient (Wildman–Crippen LogP) is 5.41. The van der Waals surface area contributed by atoms with Gasteiger partial charge in [-0.25, -0.2) is 4.79 Å². The zero-order chi connectivity index (χ0) is 21.3. The van der Waals surface area contributed by atoms with Crippen molar-refractivity contribution in [1.29, 1.82) is 0 Å². The number of anilines is 1. The van der Waals surface area contributed by atoms with Gasteiger partial charge in [0.15, 0.2) is 0 Å². The molecule has 0 saturated heterocycles. The van der Waals surface area contributed by atoms with Gasteiger partial charge < -0.3 is 10.1 Å². The van der Waals surface area contributed by atoms with E-state index in [9.17, 15) is 22.8 Å². The van der Waals surface area contributed by atoms with Crippen molar-refractivity contribution in [2.45, 2.75) is 18.7 Å². The van der Waals surface area contributed by atoms with Crippen LogP contribution in [-0.4, -0.2) is 11.9 Å². The number of esters is 1. The van der Waals surface area contributed by atoms with Crippen LogP contribution < -0.4 is 5.32 Å². The predicted molar refractivity (Wildman–Crippen MR) is 104 cm³/mol. The lowest BCUT2D eigenvalue weighted by Crippen LogP contribution is -2.23. The highest BCUT2D eigenvalue weighted by Crippen LogP contribution is 2.35. The second-order valence-corrected chi connectivity index (χ2v) is 6.88. The Morgan fingerprint density at radius 1 is 0.967 bits per heavy atom. The molecule has 0 aromatic heterocycles. The zero-order valence-electron chi connectivity index (χ0n) is 15.6. The SMILES string of the molecule is O=C(Nc1ccccc1C(F)(F)F)c1ccc2c(c1)CC(c1ccccc1)OC2=O. The Balaban J connectivity index is 1.61. The number of cyclic esters (lactones) is 1. The van der Waals surface area contributed by atoms with Gasteiger partial charge in [-0.2, -0.15) is 13.2 Å². The molecule has 0 radical (unpaired) electrons. The normalized spacial score (nSPS) is 15.8. The molecule has 30 heavy (non-hydrogen) atoms. The molecule has 3 aromatic carbocycles. The van der Waals surface area contributed by atoms with Crippen molar-refractivity contribution >= 4 is 17.6 Å². The maximum Gasteiger partial charge on any atom is 0.418 e. The molecular weight excluding hydrogens is 395 g/mol. The minimum Gasteiger partial charge on any atom is -0.454 e. The summed E-state index contributed by atoms with van der Waals surface area (Å²) in [6, 6.07) is 18.4. The van der Waals surface area contributed by atoms with Crippen molar-refractivity contribution in [3.8, 4) is 0 Å². The highest BCUT2D eigenvalue weighted by Gasteiger charge is 2.34. The molecule has 0 aliphatic carbocycles. The summed E-state index contributed by atoms with van der Waals surface area (Å²) in [6.45, 7) is 0. The Kier molecular flexibility index (Phi) is 5.03. The fourth-order valence-electron chi connectivity index (χ4n) is 3.42. The van der Waals surface area contributed by atoms with Gasteiger partial charge in [0.2, 0.25) is 0 Å². The maximum atomic E-state index is 13.2. The van der Waals surface area contributed by atoms with Crippen molar-refractivity contribution in [3.63, 3.8) is 0 Å². The van der Waals surface area contributed by atoms with Gasteiger partial charge in [-0.1, -0.05) is 42.5 Å². The van der Waals surface area contributed by atoms with Crippen LogP contribution in [0.1, 0.15) is 43.5 Å². The van der Waals surface area contributed by atoms with Crippen LogP contribution in [0.25, 0.3) is 0 Å². The van der Waals surface area contributed by atoms with Gasteiger partial charge in [-0.05, 0) is 41.5 Å². The maximum absolute atomic E-state index is 13.2. The number of hydrogen-bond donors (Lipinski definition) is 1. The Morgan fingerprint density at radius 2 is 1.67 bits per heavy atom. The third kappa shape index (κ3) is 3.91. The molecule has 3 aromatic rings. The molecule has 1 unspecified atom stereocenters. The highest BCUT2D eigenvalue weighted by molar-refractivity contribution is 6.05. The summed E-state index contributed by atoms with van der Waals surface area (Å²) in [5, 5.41) is 2.32. The number of nitrogens with one attached hydrogen (secondary N) is 1. The summed E-state index contributed by atoms with van der Waals surface area (Å²) in [6.07, 6.45) is -4.71. The number of amides is 1. The van der Waals surface area contributed by atoms with Gasteiger partial charge >= 0.3 is 12.1 Å². The second kappa shape index (κ2) is 7.67. The lowest BCUT2D eigenvalue weighted by molar-refractivity contribution is -0.136. The van der Waals surface area contributed by atoms with Crippen LogP contribution in [0.5, 0.6) is 0 Å². The molecule has 0 bridgehead atoms. The molecule has 152 valence electrons. The van der Waals surface area contributed by atoms with Gasteiger partial charge in [-0.15, -0.1) is 0 Å². The third-order valence-electron chi connectivity index (χ3n) is 4.89. The van der Waals surface area contributed by atoms with Crippen LogP contribution in [0, 0.1) is 0 Å². The van der Waals surface area contributed by atoms with E-state index in [2.05, 4.69) is 5.32 Å². The number of carbonyl (C=O) groups is 2. The van der Waals surface area contributed by atoms with E-state index in [-0.39, 0.29) is 11.3 Å². The average molecular weight is 411 g/mol. The number of fused-ring (bicyclic) bond motifs is 1. The van der Waals surface area contributed by atoms with Crippen LogP contribution in [-0.2, 0) is 17.3 Å². The van der Waals surface area contributed by atoms with Crippen molar-refractivity contribution in [1.82, 2.24) is 0 Å². The first-order valence-corrected chi connectivity index (χ1v) is 9.19. The number of halogens is 3. The molecule has 4 rings (SSSR count). The fraction of sp³-hybridized carbons (Fsp3) is 0.130. The molecule has 4 nitrogen and oxygen atoms in total. The molecule has 1 aliphatic rings. The Bertz CT molecular complexity index is 1110. The Hall–Kier alpha value is -3.61. The van der Waals surface area contributed by atoms with Crippen molar-refractivity contribution in [2.75, 3.05) is 5.32 Å². The van der Waals surface area contributed by atoms with Gasteiger partial charge in [0.05, 0.1) is 16.8 Å². The number of rotatable bonds is 3. The van der Waals surface area contributed by atoms with Gasteiger partial charge in [0, 0.05) is 12.0 Å². The molecule has 0 spiro atoms. The topological polar surface area (TPSA) is 55.4 Å². The minimum absolute atomic E-state index is 0.159. The number of para-hydroxylation sites is 1. The van der Waals surface area contributed by atoms with E-state index >= 15 is 0 Å². The van der Waals surface area contributed by atoms with Gasteiger partial charge in [-0.3, -0.25) is 4.79 Å². The van der Waals surface area contributed by atoms with Crippen LogP contribution in [0.15, 0.2) is 72.8 Å². The van der Waals surface area contributed by atoms with Crippen LogP contribution in [0.2, 0.25) is 0 Å². The van der Waals surface area contributed by atoms with E-state index in [1.165, 1.54) is 36.4 Å². The number of carbonyl (C=O) groups excluding carboxylic acids is 2. The van der Waals surface area contributed by atoms with E-state index in [4.69, 9.17) is 4.74 Å². The van der Waals surface area contributed by atoms with Crippen molar-refractivity contribution < 1.29 is 27.5 Å². The third-order valence-corrected chi connectivity index (χ3v) is 4.89. The van der Waals surface area contributed by atoms with Gasteiger partial charge in [0.25, 0.3) is 5.91 Å². The minimum atomic E-state index is -4.59. The molecule has 1 aliphatic heterocycles. The number of ether oxygens (including phenoxy) is 1. The average Bonchev–Trinajstić information content (AvgIpc) is 2.73. The molecule has 0 saturated carbocycles. The van der Waals surface area contributed by atoms with Crippen molar-refractivity contribution in [2.24, 2.45) is 0 Å². The fourth-order valence-corrected chi connectivity index (χ4v) is 3.42. The van der Waals surface area contributed by atoms with E-state index in [1.807, 2.05) is 30.3 Å². The molecule has 1 N–H and O–H groups in total. The molecule has 1 atom stereocenters. The quantitative estimate of drug-likeness (QED) is 0.586. The van der Waals surface area contributed by atoms with E-state index < -0.39 is 29.7 Å². The first kappa shape index (κ1) is 19.7. The summed E-state index contributed by atoms with van der Waals surface area (Å²) in [4.78, 5) is 25.0. The van der Waals surface area contributed by atoms with Crippen molar-refractivity contribution in [3.05, 3.63) is 101 Å². The largest absolute Gasteiger partial charge is 0.454 e. The molecule has 1 amide bonds. The standard InChI is InChI=1S/C23H16F3NO3/c24-23(25,26)18-8-4-5-9-19(18)27-21(28)15-10-11-17-16(12-15)13-20(30-22(17)29)14-6-2-1-3-7-14/h1-12,20H,13H2,(H,27,28). The van der Waals surface area contributed by atoms with E-state index in [0.717, 1.165) is 11.6 Å². The monoisotopic (exact) mass is 411 g/mol. The van der Waals surface area contributed by atoms with Crippen LogP contribution in [0.4, 0.5) is 18.9 Å². The van der Waals surface area contributed by atoms with Crippen LogP contribution >= 0.6 is 0 Å². The molecular formula is C23H16F3NO3. The second-order valence-electron chi connectivity index (χ2n) is 6.88. The molecule has 7 heteroatoms. The van der Waals surface area contributed by atoms with E-state index in [0.29, 0.717) is 17.5 Å². The zero-order valence-corrected chi connectivity index (χ0v) is 15.6. The molecule has 1 heterocycles. The van der Waals surface area contributed by atoms with E-state index in [1.54, 1.807) is 0 Å². The summed E-state index contributed by atoms with van der Waals surface area (Å²) in [5.74, 6) is -1.19. The first-order valence-electron chi connectivity index (χ1n) is 9.19. The molecule has 0 fully saturated rings. The number of hydrogen-bond acceptors (Lipinski definition) is 3. The lowest BCUT2D eigenvalue weighted by atomic mass is 9.93.